The Morgan fingerprint density at radius 1 is 1.27 bits per heavy atom. The van der Waals surface area contributed by atoms with Crippen molar-refractivity contribution in [3.05, 3.63) is 53.1 Å². The first-order valence-corrected chi connectivity index (χ1v) is 11.1. The number of aryl methyl sites for hydroxylation is 1. The first-order valence-electron chi connectivity index (χ1n) is 9.29. The fourth-order valence-electron chi connectivity index (χ4n) is 3.05. The first kappa shape index (κ1) is 22.1. The number of anilines is 1. The normalized spacial score (nSPS) is 14.8. The van der Waals surface area contributed by atoms with Crippen molar-refractivity contribution in [2.45, 2.75) is 17.7 Å². The number of amides is 2. The zero-order chi connectivity index (χ0) is 21.7. The molecule has 160 valence electrons. The fourth-order valence-corrected chi connectivity index (χ4v) is 4.77. The van der Waals surface area contributed by atoms with Gasteiger partial charge in [-0.2, -0.15) is 4.31 Å². The number of carbonyl (C=O) groups excluding carboxylic acids is 2. The van der Waals surface area contributed by atoms with Gasteiger partial charge in [-0.25, -0.2) is 8.42 Å². The average Bonchev–Trinajstić information content (AvgIpc) is 2.72. The maximum atomic E-state index is 12.8. The molecule has 2 amide bonds. The quantitative estimate of drug-likeness (QED) is 0.670. The summed E-state index contributed by atoms with van der Waals surface area (Å²) in [5, 5.41) is 5.78. The van der Waals surface area contributed by atoms with Crippen molar-refractivity contribution in [1.29, 1.82) is 0 Å². The molecule has 0 atom stereocenters. The van der Waals surface area contributed by atoms with E-state index in [4.69, 9.17) is 16.3 Å². The smallest absolute Gasteiger partial charge is 0.243 e. The van der Waals surface area contributed by atoms with E-state index in [9.17, 15) is 18.0 Å². The number of hydrogen-bond donors (Lipinski definition) is 2. The van der Waals surface area contributed by atoms with Crippen LogP contribution in [-0.2, 0) is 26.0 Å². The van der Waals surface area contributed by atoms with Gasteiger partial charge in [-0.15, -0.1) is 0 Å². The summed E-state index contributed by atoms with van der Waals surface area (Å²) in [6, 6.07) is 11.3. The van der Waals surface area contributed by atoms with Crippen molar-refractivity contribution < 1.29 is 22.7 Å². The highest BCUT2D eigenvalue weighted by Gasteiger charge is 2.29. The average molecular weight is 452 g/mol. The van der Waals surface area contributed by atoms with Crippen LogP contribution in [0.4, 0.5) is 5.69 Å². The number of nitrogens with one attached hydrogen (secondary N) is 2. The van der Waals surface area contributed by atoms with Gasteiger partial charge in [-0.05, 0) is 42.3 Å². The van der Waals surface area contributed by atoms with Gasteiger partial charge in [0.15, 0.2) is 0 Å². The minimum atomic E-state index is -3.83. The highest BCUT2D eigenvalue weighted by Crippen LogP contribution is 2.25. The van der Waals surface area contributed by atoms with Crippen LogP contribution in [0.5, 0.6) is 5.75 Å². The maximum absolute atomic E-state index is 12.8. The molecule has 10 heteroatoms. The van der Waals surface area contributed by atoms with Gasteiger partial charge >= 0.3 is 0 Å². The molecule has 0 unspecified atom stereocenters. The molecular formula is C20H22ClN3O5S. The van der Waals surface area contributed by atoms with Gasteiger partial charge in [0.25, 0.3) is 0 Å². The second-order valence-corrected chi connectivity index (χ2v) is 9.08. The topological polar surface area (TPSA) is 105 Å². The van der Waals surface area contributed by atoms with Gasteiger partial charge in [-0.3, -0.25) is 9.59 Å². The molecular weight excluding hydrogens is 430 g/mol. The van der Waals surface area contributed by atoms with Crippen LogP contribution in [0.15, 0.2) is 47.4 Å². The minimum absolute atomic E-state index is 0.0249. The number of benzene rings is 2. The van der Waals surface area contributed by atoms with Crippen LogP contribution in [0, 0.1) is 0 Å². The molecule has 1 fully saturated rings. The third-order valence-corrected chi connectivity index (χ3v) is 6.75. The lowest BCUT2D eigenvalue weighted by Gasteiger charge is -2.26. The summed E-state index contributed by atoms with van der Waals surface area (Å²) in [6.45, 7) is 0.252. The largest absolute Gasteiger partial charge is 0.495 e. The standard InChI is InChI=1S/C20H22ClN3O5S/c1-29-18-7-5-14(11-17(18)21)6-8-19(25)23-15-3-2-4-16(12-15)30(27,28)24-10-9-22-20(26)13-24/h2-5,7,11-12H,6,8-10,13H2,1H3,(H,22,26)(H,23,25). The van der Waals surface area contributed by atoms with E-state index in [1.807, 2.05) is 6.07 Å². The summed E-state index contributed by atoms with van der Waals surface area (Å²) in [4.78, 5) is 23.9. The van der Waals surface area contributed by atoms with Gasteiger partial charge < -0.3 is 15.4 Å². The molecule has 1 aliphatic rings. The van der Waals surface area contributed by atoms with Gasteiger partial charge in [0.2, 0.25) is 21.8 Å². The van der Waals surface area contributed by atoms with E-state index in [1.165, 1.54) is 19.2 Å². The predicted octanol–water partition coefficient (Wildman–Crippen LogP) is 2.04. The number of halogens is 1. The zero-order valence-corrected chi connectivity index (χ0v) is 17.9. The second-order valence-electron chi connectivity index (χ2n) is 6.73. The Labute approximate surface area is 180 Å². The van der Waals surface area contributed by atoms with Gasteiger partial charge in [0, 0.05) is 25.2 Å². The Morgan fingerprint density at radius 3 is 2.77 bits per heavy atom. The van der Waals surface area contributed by atoms with Crippen LogP contribution < -0.4 is 15.4 Å². The van der Waals surface area contributed by atoms with E-state index in [-0.39, 0.29) is 42.8 Å². The summed E-state index contributed by atoms with van der Waals surface area (Å²) in [6.07, 6.45) is 0.669. The Balaban J connectivity index is 1.64. The number of sulfonamides is 1. The summed E-state index contributed by atoms with van der Waals surface area (Å²) >= 11 is 6.10. The van der Waals surface area contributed by atoms with Gasteiger partial charge in [0.1, 0.15) is 5.75 Å². The number of carbonyl (C=O) groups is 2. The van der Waals surface area contributed by atoms with E-state index >= 15 is 0 Å². The van der Waals surface area contributed by atoms with Crippen LogP contribution in [0.3, 0.4) is 0 Å². The minimum Gasteiger partial charge on any atom is -0.495 e. The molecule has 0 radical (unpaired) electrons. The highest BCUT2D eigenvalue weighted by molar-refractivity contribution is 7.89. The molecule has 0 aromatic heterocycles. The van der Waals surface area contributed by atoms with Crippen LogP contribution in [0.2, 0.25) is 5.02 Å². The molecule has 30 heavy (non-hydrogen) atoms. The van der Waals surface area contributed by atoms with Crippen molar-refractivity contribution in [2.24, 2.45) is 0 Å². The fraction of sp³-hybridized carbons (Fsp3) is 0.300. The monoisotopic (exact) mass is 451 g/mol. The summed E-state index contributed by atoms with van der Waals surface area (Å²) in [5.74, 6) is -0.0316. The summed E-state index contributed by atoms with van der Waals surface area (Å²) < 4.78 is 31.8. The molecule has 0 bridgehead atoms. The number of hydrogen-bond acceptors (Lipinski definition) is 5. The molecule has 2 aromatic carbocycles. The zero-order valence-electron chi connectivity index (χ0n) is 16.4. The molecule has 2 aromatic rings. The number of methoxy groups -OCH3 is 1. The Bertz CT molecular complexity index is 1060. The van der Waals surface area contributed by atoms with Crippen LogP contribution in [0.25, 0.3) is 0 Å². The van der Waals surface area contributed by atoms with Crippen molar-refractivity contribution in [1.82, 2.24) is 9.62 Å². The van der Waals surface area contributed by atoms with E-state index in [2.05, 4.69) is 10.6 Å². The van der Waals surface area contributed by atoms with Gasteiger partial charge in [-0.1, -0.05) is 23.7 Å². The van der Waals surface area contributed by atoms with Crippen LogP contribution >= 0.6 is 11.6 Å². The molecule has 1 heterocycles. The number of ether oxygens (including phenoxy) is 1. The molecule has 0 saturated carbocycles. The molecule has 0 spiro atoms. The van der Waals surface area contributed by atoms with E-state index in [1.54, 1.807) is 24.3 Å². The second kappa shape index (κ2) is 9.46. The van der Waals surface area contributed by atoms with Crippen molar-refractivity contribution in [3.8, 4) is 5.75 Å². The number of piperazine rings is 1. The Morgan fingerprint density at radius 2 is 2.07 bits per heavy atom. The third-order valence-electron chi connectivity index (χ3n) is 4.62. The maximum Gasteiger partial charge on any atom is 0.243 e. The highest BCUT2D eigenvalue weighted by atomic mass is 35.5. The molecule has 1 aliphatic heterocycles. The molecule has 1 saturated heterocycles. The summed E-state index contributed by atoms with van der Waals surface area (Å²) in [5.41, 5.74) is 1.26. The molecule has 0 aliphatic carbocycles. The van der Waals surface area contributed by atoms with Gasteiger partial charge in [0.05, 0.1) is 23.6 Å². The van der Waals surface area contributed by atoms with E-state index in [0.29, 0.717) is 22.9 Å². The molecule has 2 N–H and O–H groups in total. The predicted molar refractivity (Wildman–Crippen MR) is 113 cm³/mol. The van der Waals surface area contributed by atoms with E-state index < -0.39 is 10.0 Å². The van der Waals surface area contributed by atoms with Crippen LogP contribution in [-0.4, -0.2) is 51.3 Å². The number of nitrogens with zero attached hydrogens (tertiary/aromatic N) is 1. The van der Waals surface area contributed by atoms with Crippen molar-refractivity contribution in [3.63, 3.8) is 0 Å². The van der Waals surface area contributed by atoms with Crippen LogP contribution in [0.1, 0.15) is 12.0 Å². The first-order chi connectivity index (χ1) is 14.3. The third kappa shape index (κ3) is 5.29. The SMILES string of the molecule is COc1ccc(CCC(=O)Nc2cccc(S(=O)(=O)N3CCNC(=O)C3)c2)cc1Cl. The van der Waals surface area contributed by atoms with Crippen molar-refractivity contribution >= 4 is 39.1 Å². The lowest BCUT2D eigenvalue weighted by molar-refractivity contribution is -0.122. The molecule has 3 rings (SSSR count). The lowest BCUT2D eigenvalue weighted by Crippen LogP contribution is -2.49. The Kier molecular flexibility index (Phi) is 6.96. The van der Waals surface area contributed by atoms with Crippen molar-refractivity contribution in [2.75, 3.05) is 32.1 Å². The number of rotatable bonds is 7. The lowest BCUT2D eigenvalue weighted by atomic mass is 10.1. The Hall–Kier alpha value is -2.62. The summed E-state index contributed by atoms with van der Waals surface area (Å²) in [7, 11) is -2.29. The van der Waals surface area contributed by atoms with E-state index in [0.717, 1.165) is 9.87 Å². The molecule has 8 nitrogen and oxygen atoms in total.